The van der Waals surface area contributed by atoms with Gasteiger partial charge in [0.2, 0.25) is 0 Å². The van der Waals surface area contributed by atoms with Crippen LogP contribution in [0.5, 0.6) is 0 Å². The highest BCUT2D eigenvalue weighted by molar-refractivity contribution is 6.11. The van der Waals surface area contributed by atoms with Gasteiger partial charge in [0.25, 0.3) is 5.91 Å². The molecule has 0 spiro atoms. The molecule has 2 aromatic carbocycles. The molecule has 170 valence electrons. The highest BCUT2D eigenvalue weighted by Crippen LogP contribution is 2.29. The third kappa shape index (κ3) is 4.18. The molecular weight excluding hydrogens is 421 g/mol. The van der Waals surface area contributed by atoms with E-state index in [4.69, 9.17) is 0 Å². The first-order valence-corrected chi connectivity index (χ1v) is 10.8. The summed E-state index contributed by atoms with van der Waals surface area (Å²) < 4.78 is 15.4. The Bertz CT molecular complexity index is 1220. The van der Waals surface area contributed by atoms with Gasteiger partial charge in [-0.15, -0.1) is 0 Å². The molecule has 1 saturated heterocycles. The number of halogens is 1. The fraction of sp³-hybridized carbons (Fsp3) is 0.269. The van der Waals surface area contributed by atoms with E-state index < -0.39 is 23.3 Å². The number of carbonyl (C=O) groups excluding carboxylic acids is 3. The number of urea groups is 1. The number of aromatic nitrogens is 1. The first-order valence-electron chi connectivity index (χ1n) is 10.8. The van der Waals surface area contributed by atoms with Gasteiger partial charge < -0.3 is 9.88 Å². The maximum Gasteiger partial charge on any atom is 0.325 e. The zero-order valence-corrected chi connectivity index (χ0v) is 18.9. The van der Waals surface area contributed by atoms with Crippen LogP contribution >= 0.6 is 0 Å². The molecule has 1 aliphatic heterocycles. The van der Waals surface area contributed by atoms with Crippen molar-refractivity contribution < 1.29 is 18.8 Å². The number of rotatable bonds is 7. The van der Waals surface area contributed by atoms with E-state index in [-0.39, 0.29) is 12.3 Å². The molecule has 1 unspecified atom stereocenters. The maximum absolute atomic E-state index is 13.3. The van der Waals surface area contributed by atoms with Crippen LogP contribution in [0, 0.1) is 19.7 Å². The fourth-order valence-corrected chi connectivity index (χ4v) is 4.36. The van der Waals surface area contributed by atoms with Crippen LogP contribution in [0.2, 0.25) is 0 Å². The summed E-state index contributed by atoms with van der Waals surface area (Å²) in [5, 5.41) is 2.65. The molecule has 33 heavy (non-hydrogen) atoms. The smallest absolute Gasteiger partial charge is 0.325 e. The second kappa shape index (κ2) is 8.65. The lowest BCUT2D eigenvalue weighted by Gasteiger charge is -2.22. The molecule has 0 aliphatic carbocycles. The van der Waals surface area contributed by atoms with Gasteiger partial charge in [0.1, 0.15) is 11.4 Å². The molecule has 1 atom stereocenters. The number of Topliss-reactive ketones (excluding diaryl/α,β-unsaturated/α-hetero) is 1. The number of hydrogen-bond acceptors (Lipinski definition) is 3. The molecule has 1 fully saturated rings. The van der Waals surface area contributed by atoms with Crippen molar-refractivity contribution in [2.45, 2.75) is 39.3 Å². The standard InChI is InChI=1S/C26H26FN3O3/c1-17-15-22(18(2)29(17)14-13-19-7-5-4-6-8-19)23(31)16-30-24(32)26(3,28-25(30)33)20-9-11-21(27)12-10-20/h4-12,15H,13-14,16H2,1-3H3,(H,28,33). The minimum atomic E-state index is -1.35. The van der Waals surface area contributed by atoms with Gasteiger partial charge >= 0.3 is 6.03 Å². The van der Waals surface area contributed by atoms with Gasteiger partial charge in [-0.3, -0.25) is 14.5 Å². The number of hydrogen-bond donors (Lipinski definition) is 1. The average Bonchev–Trinajstić information content (AvgIpc) is 3.20. The third-order valence-electron chi connectivity index (χ3n) is 6.34. The monoisotopic (exact) mass is 447 g/mol. The van der Waals surface area contributed by atoms with Crippen LogP contribution < -0.4 is 5.32 Å². The second-order valence-corrected chi connectivity index (χ2v) is 8.55. The zero-order chi connectivity index (χ0) is 23.8. The van der Waals surface area contributed by atoms with E-state index in [2.05, 4.69) is 22.0 Å². The van der Waals surface area contributed by atoms with Crippen LogP contribution in [0.4, 0.5) is 9.18 Å². The van der Waals surface area contributed by atoms with Crippen LogP contribution in [0.15, 0.2) is 60.7 Å². The number of ketones is 1. The van der Waals surface area contributed by atoms with Crippen molar-refractivity contribution in [3.05, 3.63) is 94.6 Å². The lowest BCUT2D eigenvalue weighted by molar-refractivity contribution is -0.130. The van der Waals surface area contributed by atoms with E-state index in [1.54, 1.807) is 13.0 Å². The highest BCUT2D eigenvalue weighted by atomic mass is 19.1. The van der Waals surface area contributed by atoms with Crippen LogP contribution in [0.3, 0.4) is 0 Å². The van der Waals surface area contributed by atoms with Crippen molar-refractivity contribution in [1.29, 1.82) is 0 Å². The quantitative estimate of drug-likeness (QED) is 0.437. The van der Waals surface area contributed by atoms with E-state index in [9.17, 15) is 18.8 Å². The molecule has 0 saturated carbocycles. The summed E-state index contributed by atoms with van der Waals surface area (Å²) in [4.78, 5) is 39.7. The van der Waals surface area contributed by atoms with Gasteiger partial charge in [-0.05, 0) is 56.5 Å². The van der Waals surface area contributed by atoms with Crippen molar-refractivity contribution in [2.75, 3.05) is 6.54 Å². The van der Waals surface area contributed by atoms with Crippen molar-refractivity contribution >= 4 is 17.7 Å². The Balaban J connectivity index is 1.50. The summed E-state index contributed by atoms with van der Waals surface area (Å²) in [5.74, 6) is -1.28. The highest BCUT2D eigenvalue weighted by Gasteiger charge is 2.49. The number of benzene rings is 2. The Labute approximate surface area is 192 Å². The Morgan fingerprint density at radius 3 is 2.36 bits per heavy atom. The molecule has 7 heteroatoms. The zero-order valence-electron chi connectivity index (χ0n) is 18.9. The lowest BCUT2D eigenvalue weighted by atomic mass is 9.92. The number of imide groups is 1. The summed E-state index contributed by atoms with van der Waals surface area (Å²) in [6.45, 7) is 5.74. The van der Waals surface area contributed by atoms with Gasteiger partial charge in [-0.25, -0.2) is 9.18 Å². The molecule has 1 aromatic heterocycles. The minimum absolute atomic E-state index is 0.305. The number of carbonyl (C=O) groups is 3. The van der Waals surface area contributed by atoms with E-state index in [1.165, 1.54) is 29.8 Å². The first kappa shape index (κ1) is 22.5. The predicted molar refractivity (Wildman–Crippen MR) is 122 cm³/mol. The van der Waals surface area contributed by atoms with Crippen molar-refractivity contribution in [2.24, 2.45) is 0 Å². The van der Waals surface area contributed by atoms with Crippen molar-refractivity contribution in [3.63, 3.8) is 0 Å². The van der Waals surface area contributed by atoms with Gasteiger partial charge in [0, 0.05) is 23.5 Å². The largest absolute Gasteiger partial charge is 0.348 e. The van der Waals surface area contributed by atoms with Crippen LogP contribution in [-0.2, 0) is 23.3 Å². The number of amides is 3. The van der Waals surface area contributed by atoms with Crippen molar-refractivity contribution in [1.82, 2.24) is 14.8 Å². The molecule has 1 aliphatic rings. The summed E-state index contributed by atoms with van der Waals surface area (Å²) in [6, 6.07) is 16.7. The second-order valence-electron chi connectivity index (χ2n) is 8.55. The van der Waals surface area contributed by atoms with E-state index in [0.29, 0.717) is 11.1 Å². The van der Waals surface area contributed by atoms with Gasteiger partial charge in [-0.2, -0.15) is 0 Å². The van der Waals surface area contributed by atoms with Crippen LogP contribution in [0.1, 0.15) is 39.8 Å². The molecule has 0 bridgehead atoms. The summed E-state index contributed by atoms with van der Waals surface area (Å²) in [5.41, 5.74) is 2.56. The molecule has 3 amide bonds. The summed E-state index contributed by atoms with van der Waals surface area (Å²) in [7, 11) is 0. The molecule has 4 rings (SSSR count). The van der Waals surface area contributed by atoms with E-state index in [0.717, 1.165) is 29.3 Å². The Morgan fingerprint density at radius 1 is 1.03 bits per heavy atom. The first-order chi connectivity index (χ1) is 15.7. The van der Waals surface area contributed by atoms with Gasteiger partial charge in [0.15, 0.2) is 5.78 Å². The Hall–Kier alpha value is -3.74. The Kier molecular flexibility index (Phi) is 5.89. The van der Waals surface area contributed by atoms with E-state index in [1.807, 2.05) is 32.0 Å². The number of nitrogens with one attached hydrogen (secondary N) is 1. The SMILES string of the molecule is Cc1cc(C(=O)CN2C(=O)NC(C)(c3ccc(F)cc3)C2=O)c(C)n1CCc1ccccc1. The van der Waals surface area contributed by atoms with Crippen LogP contribution in [0.25, 0.3) is 0 Å². The van der Waals surface area contributed by atoms with Crippen molar-refractivity contribution in [3.8, 4) is 0 Å². The van der Waals surface area contributed by atoms with Gasteiger partial charge in [0.05, 0.1) is 6.54 Å². The lowest BCUT2D eigenvalue weighted by Crippen LogP contribution is -2.41. The third-order valence-corrected chi connectivity index (χ3v) is 6.34. The predicted octanol–water partition coefficient (Wildman–Crippen LogP) is 4.14. The Morgan fingerprint density at radius 2 is 1.70 bits per heavy atom. The fourth-order valence-electron chi connectivity index (χ4n) is 4.36. The van der Waals surface area contributed by atoms with Crippen LogP contribution in [-0.4, -0.2) is 33.7 Å². The summed E-state index contributed by atoms with van der Waals surface area (Å²) >= 11 is 0. The molecule has 0 radical (unpaired) electrons. The molecular formula is C26H26FN3O3. The average molecular weight is 448 g/mol. The maximum atomic E-state index is 13.3. The topological polar surface area (TPSA) is 71.4 Å². The normalized spacial score (nSPS) is 18.0. The number of aryl methyl sites for hydroxylation is 2. The molecule has 1 N–H and O–H groups in total. The summed E-state index contributed by atoms with van der Waals surface area (Å²) in [6.07, 6.45) is 0.827. The number of nitrogens with zero attached hydrogens (tertiary/aromatic N) is 2. The minimum Gasteiger partial charge on any atom is -0.348 e. The molecule has 3 aromatic rings. The molecule has 6 nitrogen and oxygen atoms in total. The molecule has 2 heterocycles. The van der Waals surface area contributed by atoms with Gasteiger partial charge in [-0.1, -0.05) is 42.5 Å². The van der Waals surface area contributed by atoms with E-state index >= 15 is 0 Å².